The van der Waals surface area contributed by atoms with E-state index in [9.17, 15) is 18.8 Å². The van der Waals surface area contributed by atoms with Crippen molar-refractivity contribution >= 4 is 5.91 Å². The summed E-state index contributed by atoms with van der Waals surface area (Å²) in [5, 5.41) is 14.9. The number of benzene rings is 1. The van der Waals surface area contributed by atoms with Gasteiger partial charge in [-0.3, -0.25) is 4.79 Å². The van der Waals surface area contributed by atoms with E-state index in [4.69, 9.17) is 0 Å². The molecule has 1 fully saturated rings. The average molecular weight is 307 g/mol. The molecule has 2 rings (SSSR count). The number of amides is 1. The van der Waals surface area contributed by atoms with Gasteiger partial charge in [-0.2, -0.15) is 5.26 Å². The van der Waals surface area contributed by atoms with E-state index in [2.05, 4.69) is 16.7 Å². The summed E-state index contributed by atoms with van der Waals surface area (Å²) >= 11 is 0. The molecule has 4 nitrogen and oxygen atoms in total. The molecule has 2 N–H and O–H groups in total. The van der Waals surface area contributed by atoms with Crippen LogP contribution in [0.2, 0.25) is 0 Å². The van der Waals surface area contributed by atoms with Gasteiger partial charge in [0.25, 0.3) is 0 Å². The zero-order valence-corrected chi connectivity index (χ0v) is 12.6. The number of nitrogens with one attached hydrogen (secondary N) is 2. The molecule has 1 aliphatic carbocycles. The molecule has 6 heteroatoms. The van der Waals surface area contributed by atoms with Gasteiger partial charge in [0.2, 0.25) is 5.91 Å². The highest BCUT2D eigenvalue weighted by molar-refractivity contribution is 5.79. The zero-order chi connectivity index (χ0) is 16.3. The summed E-state index contributed by atoms with van der Waals surface area (Å²) in [6, 6.07) is 5.48. The van der Waals surface area contributed by atoms with Gasteiger partial charge in [0.05, 0.1) is 12.6 Å². The van der Waals surface area contributed by atoms with E-state index in [0.717, 1.165) is 25.0 Å². The van der Waals surface area contributed by atoms with E-state index in [-0.39, 0.29) is 24.4 Å². The molecule has 0 saturated heterocycles. The molecule has 118 valence electrons. The van der Waals surface area contributed by atoms with Gasteiger partial charge in [-0.25, -0.2) is 8.78 Å². The summed E-state index contributed by atoms with van der Waals surface area (Å²) in [4.78, 5) is 11.9. The Kier molecular flexibility index (Phi) is 4.77. The van der Waals surface area contributed by atoms with Crippen molar-refractivity contribution in [2.24, 2.45) is 5.92 Å². The van der Waals surface area contributed by atoms with Gasteiger partial charge in [0.15, 0.2) is 11.6 Å². The van der Waals surface area contributed by atoms with Crippen LogP contribution < -0.4 is 10.6 Å². The number of rotatable bonds is 6. The van der Waals surface area contributed by atoms with Crippen molar-refractivity contribution in [1.82, 2.24) is 10.6 Å². The minimum Gasteiger partial charge on any atom is -0.337 e. The third-order valence-electron chi connectivity index (χ3n) is 4.04. The number of hydrogen-bond donors (Lipinski definition) is 2. The number of halogens is 2. The van der Waals surface area contributed by atoms with Gasteiger partial charge in [0.1, 0.15) is 5.54 Å². The van der Waals surface area contributed by atoms with Gasteiger partial charge in [0, 0.05) is 6.04 Å². The van der Waals surface area contributed by atoms with E-state index in [1.165, 1.54) is 6.07 Å². The van der Waals surface area contributed by atoms with Crippen LogP contribution in [-0.2, 0) is 4.79 Å². The first-order valence-corrected chi connectivity index (χ1v) is 7.26. The Labute approximate surface area is 128 Å². The number of carbonyl (C=O) groups excluding carboxylic acids is 1. The number of hydrogen-bond acceptors (Lipinski definition) is 3. The highest BCUT2D eigenvalue weighted by Gasteiger charge is 2.42. The molecule has 1 aliphatic rings. The van der Waals surface area contributed by atoms with E-state index in [1.54, 1.807) is 13.8 Å². The van der Waals surface area contributed by atoms with Crippen molar-refractivity contribution in [2.75, 3.05) is 6.54 Å². The lowest BCUT2D eigenvalue weighted by Gasteiger charge is -2.23. The lowest BCUT2D eigenvalue weighted by molar-refractivity contribution is -0.121. The summed E-state index contributed by atoms with van der Waals surface area (Å²) < 4.78 is 26.1. The van der Waals surface area contributed by atoms with Gasteiger partial charge in [-0.15, -0.1) is 0 Å². The van der Waals surface area contributed by atoms with Crippen molar-refractivity contribution in [3.05, 3.63) is 35.4 Å². The van der Waals surface area contributed by atoms with Crippen LogP contribution in [0, 0.1) is 28.9 Å². The Morgan fingerprint density at radius 1 is 1.45 bits per heavy atom. The summed E-state index contributed by atoms with van der Waals surface area (Å²) in [5.74, 6) is -1.89. The molecular weight excluding hydrogens is 288 g/mol. The third kappa shape index (κ3) is 3.80. The van der Waals surface area contributed by atoms with Gasteiger partial charge < -0.3 is 10.6 Å². The molecular formula is C16H19F2N3O. The van der Waals surface area contributed by atoms with Gasteiger partial charge in [-0.05, 0) is 50.3 Å². The van der Waals surface area contributed by atoms with Crippen LogP contribution in [0.15, 0.2) is 18.2 Å². The first-order chi connectivity index (χ1) is 10.4. The summed E-state index contributed by atoms with van der Waals surface area (Å²) in [6.45, 7) is 3.48. The lowest BCUT2D eigenvalue weighted by atomic mass is 9.98. The molecule has 1 aromatic rings. The Morgan fingerprint density at radius 2 is 2.14 bits per heavy atom. The number of nitriles is 1. The molecule has 0 bridgehead atoms. The van der Waals surface area contributed by atoms with Crippen LogP contribution in [-0.4, -0.2) is 18.0 Å². The molecule has 0 unspecified atom stereocenters. The number of carbonyl (C=O) groups is 1. The van der Waals surface area contributed by atoms with E-state index >= 15 is 0 Å². The summed E-state index contributed by atoms with van der Waals surface area (Å²) in [6.07, 6.45) is 1.89. The van der Waals surface area contributed by atoms with Crippen molar-refractivity contribution < 1.29 is 13.6 Å². The second-order valence-corrected chi connectivity index (χ2v) is 5.91. The fraction of sp³-hybridized carbons (Fsp3) is 0.500. The molecule has 0 aliphatic heterocycles. The predicted octanol–water partition coefficient (Wildman–Crippen LogP) is 2.42. The monoisotopic (exact) mass is 307 g/mol. The van der Waals surface area contributed by atoms with Gasteiger partial charge in [-0.1, -0.05) is 6.07 Å². The molecule has 0 aromatic heterocycles. The minimum atomic E-state index is -0.915. The van der Waals surface area contributed by atoms with Crippen molar-refractivity contribution in [3.63, 3.8) is 0 Å². The molecule has 1 amide bonds. The Bertz CT molecular complexity index is 610. The SMILES string of the molecule is C[C@H](NCC(=O)N[C@](C)(C#N)C1CC1)c1ccc(F)c(F)c1. The maximum absolute atomic E-state index is 13.2. The standard InChI is InChI=1S/C16H19F2N3O/c1-10(11-3-6-13(17)14(18)7-11)20-8-15(22)21-16(2,9-19)12-4-5-12/h3,6-7,10,12,20H,4-5,8H2,1-2H3,(H,21,22)/t10-,16+/m0/s1. The average Bonchev–Trinajstić information content (AvgIpc) is 3.32. The normalized spacial score (nSPS) is 18.1. The molecule has 1 aromatic carbocycles. The largest absolute Gasteiger partial charge is 0.337 e. The fourth-order valence-corrected chi connectivity index (χ4v) is 2.36. The predicted molar refractivity (Wildman–Crippen MR) is 77.7 cm³/mol. The van der Waals surface area contributed by atoms with E-state index < -0.39 is 17.2 Å². The maximum Gasteiger partial charge on any atom is 0.235 e. The third-order valence-corrected chi connectivity index (χ3v) is 4.04. The zero-order valence-electron chi connectivity index (χ0n) is 12.6. The molecule has 0 spiro atoms. The van der Waals surface area contributed by atoms with E-state index in [1.807, 2.05) is 0 Å². The highest BCUT2D eigenvalue weighted by Crippen LogP contribution is 2.39. The molecule has 0 radical (unpaired) electrons. The quantitative estimate of drug-likeness (QED) is 0.848. The van der Waals surface area contributed by atoms with Crippen LogP contribution in [0.25, 0.3) is 0 Å². The second-order valence-electron chi connectivity index (χ2n) is 5.91. The van der Waals surface area contributed by atoms with Crippen LogP contribution >= 0.6 is 0 Å². The molecule has 2 atom stereocenters. The Morgan fingerprint density at radius 3 is 2.68 bits per heavy atom. The van der Waals surface area contributed by atoms with Crippen molar-refractivity contribution in [1.29, 1.82) is 5.26 Å². The first-order valence-electron chi connectivity index (χ1n) is 7.26. The van der Waals surface area contributed by atoms with Crippen LogP contribution in [0.4, 0.5) is 8.78 Å². The van der Waals surface area contributed by atoms with Crippen molar-refractivity contribution in [2.45, 2.75) is 38.3 Å². The summed E-state index contributed by atoms with van der Waals surface area (Å²) in [7, 11) is 0. The first kappa shape index (κ1) is 16.4. The van der Waals surface area contributed by atoms with Crippen LogP contribution in [0.3, 0.4) is 0 Å². The molecule has 22 heavy (non-hydrogen) atoms. The Hall–Kier alpha value is -2.00. The second kappa shape index (κ2) is 6.41. The summed E-state index contributed by atoms with van der Waals surface area (Å²) in [5.41, 5.74) is -0.277. The van der Waals surface area contributed by atoms with Crippen LogP contribution in [0.5, 0.6) is 0 Å². The van der Waals surface area contributed by atoms with Crippen molar-refractivity contribution in [3.8, 4) is 6.07 Å². The lowest BCUT2D eigenvalue weighted by Crippen LogP contribution is -2.49. The topological polar surface area (TPSA) is 64.9 Å². The number of nitrogens with zero attached hydrogens (tertiary/aromatic N) is 1. The highest BCUT2D eigenvalue weighted by atomic mass is 19.2. The molecule has 1 saturated carbocycles. The maximum atomic E-state index is 13.2. The van der Waals surface area contributed by atoms with Gasteiger partial charge >= 0.3 is 0 Å². The van der Waals surface area contributed by atoms with Crippen LogP contribution in [0.1, 0.15) is 38.3 Å². The van der Waals surface area contributed by atoms with E-state index in [0.29, 0.717) is 5.56 Å². The minimum absolute atomic E-state index is 0.00412. The molecule has 0 heterocycles. The smallest absolute Gasteiger partial charge is 0.235 e. The Balaban J connectivity index is 1.87. The fourth-order valence-electron chi connectivity index (χ4n) is 2.36.